The van der Waals surface area contributed by atoms with Crippen molar-refractivity contribution in [1.82, 2.24) is 10.6 Å². The Morgan fingerprint density at radius 1 is 1.29 bits per heavy atom. The zero-order chi connectivity index (χ0) is 10.4. The lowest BCUT2D eigenvalue weighted by molar-refractivity contribution is 0.602. The molecule has 0 aromatic heterocycles. The van der Waals surface area contributed by atoms with E-state index >= 15 is 0 Å². The Kier molecular flexibility index (Phi) is 4.20. The standard InChI is InChI=1S/C12H18N2/c1-10(13-2)12(14-3)9-11-7-5-4-6-8-11/h4-8,12-14H,1,9H2,2-3H3. The molecule has 0 bridgehead atoms. The minimum atomic E-state index is 0.294. The van der Waals surface area contributed by atoms with Gasteiger partial charge in [0.15, 0.2) is 0 Å². The van der Waals surface area contributed by atoms with Crippen molar-refractivity contribution in [1.29, 1.82) is 0 Å². The van der Waals surface area contributed by atoms with Gasteiger partial charge < -0.3 is 10.6 Å². The van der Waals surface area contributed by atoms with Crippen molar-refractivity contribution in [2.24, 2.45) is 0 Å². The molecule has 0 heterocycles. The molecule has 0 fully saturated rings. The van der Waals surface area contributed by atoms with Crippen LogP contribution in [0.15, 0.2) is 42.6 Å². The molecule has 0 radical (unpaired) electrons. The molecule has 0 saturated heterocycles. The van der Waals surface area contributed by atoms with Gasteiger partial charge in [-0.3, -0.25) is 0 Å². The van der Waals surface area contributed by atoms with E-state index in [2.05, 4.69) is 41.5 Å². The number of likely N-dealkylation sites (N-methyl/N-ethyl adjacent to an activating group) is 2. The largest absolute Gasteiger partial charge is 0.391 e. The van der Waals surface area contributed by atoms with Gasteiger partial charge in [0.1, 0.15) is 0 Å². The Balaban J connectivity index is 2.62. The molecule has 2 nitrogen and oxygen atoms in total. The molecule has 2 N–H and O–H groups in total. The van der Waals surface area contributed by atoms with Crippen molar-refractivity contribution >= 4 is 0 Å². The number of hydrogen-bond donors (Lipinski definition) is 2. The molecule has 1 atom stereocenters. The van der Waals surface area contributed by atoms with E-state index in [1.807, 2.05) is 20.2 Å². The normalized spacial score (nSPS) is 12.1. The van der Waals surface area contributed by atoms with Gasteiger partial charge in [0.05, 0.1) is 6.04 Å². The molecule has 1 aromatic rings. The maximum Gasteiger partial charge on any atom is 0.0501 e. The Morgan fingerprint density at radius 3 is 2.43 bits per heavy atom. The fourth-order valence-electron chi connectivity index (χ4n) is 1.42. The van der Waals surface area contributed by atoms with E-state index in [-0.39, 0.29) is 0 Å². The summed E-state index contributed by atoms with van der Waals surface area (Å²) >= 11 is 0. The lowest BCUT2D eigenvalue weighted by Crippen LogP contribution is -2.34. The smallest absolute Gasteiger partial charge is 0.0501 e. The lowest BCUT2D eigenvalue weighted by Gasteiger charge is -2.18. The van der Waals surface area contributed by atoms with Gasteiger partial charge in [-0.05, 0) is 19.0 Å². The van der Waals surface area contributed by atoms with E-state index in [4.69, 9.17) is 0 Å². The van der Waals surface area contributed by atoms with Crippen molar-refractivity contribution in [3.8, 4) is 0 Å². The van der Waals surface area contributed by atoms with Crippen LogP contribution < -0.4 is 10.6 Å². The first-order chi connectivity index (χ1) is 6.77. The maximum absolute atomic E-state index is 3.97. The molecule has 76 valence electrons. The Morgan fingerprint density at radius 2 is 1.93 bits per heavy atom. The van der Waals surface area contributed by atoms with Crippen molar-refractivity contribution in [2.45, 2.75) is 12.5 Å². The van der Waals surface area contributed by atoms with Gasteiger partial charge in [-0.25, -0.2) is 0 Å². The molecule has 0 aliphatic carbocycles. The average molecular weight is 190 g/mol. The molecule has 0 aliphatic heterocycles. The van der Waals surface area contributed by atoms with Crippen LogP contribution >= 0.6 is 0 Å². The van der Waals surface area contributed by atoms with E-state index in [1.165, 1.54) is 5.56 Å². The number of rotatable bonds is 5. The van der Waals surface area contributed by atoms with Crippen LogP contribution in [0.1, 0.15) is 5.56 Å². The molecule has 1 rings (SSSR count). The minimum absolute atomic E-state index is 0.294. The summed E-state index contributed by atoms with van der Waals surface area (Å²) in [5, 5.41) is 6.32. The second-order valence-electron chi connectivity index (χ2n) is 3.31. The van der Waals surface area contributed by atoms with Crippen molar-refractivity contribution in [3.05, 3.63) is 48.2 Å². The zero-order valence-corrected chi connectivity index (χ0v) is 8.88. The maximum atomic E-state index is 3.97. The van der Waals surface area contributed by atoms with Crippen molar-refractivity contribution in [2.75, 3.05) is 14.1 Å². The molecule has 0 amide bonds. The number of benzene rings is 1. The van der Waals surface area contributed by atoms with Gasteiger partial charge >= 0.3 is 0 Å². The van der Waals surface area contributed by atoms with Crippen LogP contribution in [0.3, 0.4) is 0 Å². The Bertz CT molecular complexity index is 280. The van der Waals surface area contributed by atoms with E-state index < -0.39 is 0 Å². The second-order valence-corrected chi connectivity index (χ2v) is 3.31. The van der Waals surface area contributed by atoms with Gasteiger partial charge in [-0.1, -0.05) is 36.9 Å². The van der Waals surface area contributed by atoms with E-state index in [1.54, 1.807) is 0 Å². The predicted molar refractivity (Wildman–Crippen MR) is 61.2 cm³/mol. The first kappa shape index (κ1) is 10.8. The molecular weight excluding hydrogens is 172 g/mol. The van der Waals surface area contributed by atoms with Crippen LogP contribution in [0, 0.1) is 0 Å². The van der Waals surface area contributed by atoms with Crippen LogP contribution in [0.4, 0.5) is 0 Å². The van der Waals surface area contributed by atoms with Crippen LogP contribution in [0.2, 0.25) is 0 Å². The number of hydrogen-bond acceptors (Lipinski definition) is 2. The molecule has 0 spiro atoms. The molecule has 1 unspecified atom stereocenters. The third-order valence-electron chi connectivity index (χ3n) is 2.37. The van der Waals surface area contributed by atoms with E-state index in [0.29, 0.717) is 6.04 Å². The summed E-state index contributed by atoms with van der Waals surface area (Å²) in [6.45, 7) is 3.97. The highest BCUT2D eigenvalue weighted by molar-refractivity contribution is 5.19. The summed E-state index contributed by atoms with van der Waals surface area (Å²) in [7, 11) is 3.85. The van der Waals surface area contributed by atoms with Gasteiger partial charge in [0, 0.05) is 12.7 Å². The molecule has 2 heteroatoms. The fourth-order valence-corrected chi connectivity index (χ4v) is 1.42. The highest BCUT2D eigenvalue weighted by atomic mass is 15.0. The summed E-state index contributed by atoms with van der Waals surface area (Å²) < 4.78 is 0. The third-order valence-corrected chi connectivity index (χ3v) is 2.37. The van der Waals surface area contributed by atoms with E-state index in [0.717, 1.165) is 12.1 Å². The third kappa shape index (κ3) is 2.89. The summed E-state index contributed by atoms with van der Waals surface area (Å²) in [5.41, 5.74) is 2.35. The quantitative estimate of drug-likeness (QED) is 0.736. The minimum Gasteiger partial charge on any atom is -0.391 e. The Hall–Kier alpha value is -1.28. The lowest BCUT2D eigenvalue weighted by atomic mass is 10.0. The highest BCUT2D eigenvalue weighted by Gasteiger charge is 2.08. The molecule has 14 heavy (non-hydrogen) atoms. The second kappa shape index (κ2) is 5.45. The SMILES string of the molecule is C=C(NC)C(Cc1ccccc1)NC. The predicted octanol–water partition coefficient (Wildman–Crippen LogP) is 1.55. The number of nitrogens with one attached hydrogen (secondary N) is 2. The summed E-state index contributed by atoms with van der Waals surface area (Å²) in [6, 6.07) is 10.7. The van der Waals surface area contributed by atoms with Gasteiger partial charge in [0.2, 0.25) is 0 Å². The summed E-state index contributed by atoms with van der Waals surface area (Å²) in [5.74, 6) is 0. The highest BCUT2D eigenvalue weighted by Crippen LogP contribution is 2.06. The first-order valence-corrected chi connectivity index (χ1v) is 4.85. The van der Waals surface area contributed by atoms with E-state index in [9.17, 15) is 0 Å². The average Bonchev–Trinajstić information content (AvgIpc) is 2.26. The zero-order valence-electron chi connectivity index (χ0n) is 8.88. The summed E-state index contributed by atoms with van der Waals surface area (Å²) in [4.78, 5) is 0. The van der Waals surface area contributed by atoms with Gasteiger partial charge in [0.25, 0.3) is 0 Å². The Labute approximate surface area is 86.0 Å². The molecule has 0 aliphatic rings. The van der Waals surface area contributed by atoms with Gasteiger partial charge in [-0.2, -0.15) is 0 Å². The topological polar surface area (TPSA) is 24.1 Å². The van der Waals surface area contributed by atoms with Crippen LogP contribution in [0.25, 0.3) is 0 Å². The molecule has 1 aromatic carbocycles. The van der Waals surface area contributed by atoms with Gasteiger partial charge in [-0.15, -0.1) is 0 Å². The fraction of sp³-hybridized carbons (Fsp3) is 0.333. The van der Waals surface area contributed by atoms with Crippen molar-refractivity contribution in [3.63, 3.8) is 0 Å². The first-order valence-electron chi connectivity index (χ1n) is 4.85. The summed E-state index contributed by atoms with van der Waals surface area (Å²) in [6.07, 6.45) is 0.969. The molecular formula is C12H18N2. The van der Waals surface area contributed by atoms with Crippen LogP contribution in [-0.2, 0) is 6.42 Å². The molecule has 0 saturated carbocycles. The monoisotopic (exact) mass is 190 g/mol. The van der Waals surface area contributed by atoms with Crippen LogP contribution in [0.5, 0.6) is 0 Å². The van der Waals surface area contributed by atoms with Crippen LogP contribution in [-0.4, -0.2) is 20.1 Å². The van der Waals surface area contributed by atoms with Crippen molar-refractivity contribution < 1.29 is 0 Å².